The van der Waals surface area contributed by atoms with Crippen LogP contribution in [0.4, 0.5) is 0 Å². The van der Waals surface area contributed by atoms with Crippen molar-refractivity contribution in [1.82, 2.24) is 20.2 Å². The Morgan fingerprint density at radius 2 is 1.74 bits per heavy atom. The van der Waals surface area contributed by atoms with Gasteiger partial charge >= 0.3 is 0 Å². The van der Waals surface area contributed by atoms with Crippen molar-refractivity contribution in [2.75, 3.05) is 6.61 Å². The second-order valence-electron chi connectivity index (χ2n) is 8.04. The summed E-state index contributed by atoms with van der Waals surface area (Å²) in [7, 11) is 0. The average molecular weight is 533 g/mol. The van der Waals surface area contributed by atoms with E-state index >= 15 is 0 Å². The average Bonchev–Trinajstić information content (AvgIpc) is 3.55. The fourth-order valence-electron chi connectivity index (χ4n) is 3.87. The number of aliphatic hydroxyl groups excluding tert-OH is 4. The van der Waals surface area contributed by atoms with Gasteiger partial charge in [-0.2, -0.15) is 0 Å². The number of pyridine rings is 1. The second-order valence-corrected chi connectivity index (χ2v) is 10.5. The predicted molar refractivity (Wildman–Crippen MR) is 131 cm³/mol. The highest BCUT2D eigenvalue weighted by molar-refractivity contribution is 7.23. The van der Waals surface area contributed by atoms with Crippen molar-refractivity contribution in [2.45, 2.75) is 36.9 Å². The number of ether oxygens (including phenoxy) is 1. The van der Waals surface area contributed by atoms with E-state index < -0.39 is 37.1 Å². The molecule has 0 aliphatic carbocycles. The van der Waals surface area contributed by atoms with E-state index in [0.29, 0.717) is 17.0 Å². The van der Waals surface area contributed by atoms with Crippen LogP contribution in [0.1, 0.15) is 22.2 Å². The van der Waals surface area contributed by atoms with Crippen molar-refractivity contribution < 1.29 is 25.2 Å². The number of halogens is 1. The number of thiazole rings is 1. The molecular formula is C23H21ClN4O5S2. The van der Waals surface area contributed by atoms with E-state index in [1.807, 2.05) is 12.1 Å². The number of nitrogens with zero attached hydrogens (tertiary/aromatic N) is 4. The van der Waals surface area contributed by atoms with Crippen LogP contribution in [0.15, 0.2) is 48.9 Å². The molecule has 0 radical (unpaired) electrons. The van der Waals surface area contributed by atoms with Crippen LogP contribution in [-0.2, 0) is 11.2 Å². The summed E-state index contributed by atoms with van der Waals surface area (Å²) in [6.45, 7) is -0.490. The Balaban J connectivity index is 1.35. The lowest BCUT2D eigenvalue weighted by Gasteiger charge is -2.40. The summed E-state index contributed by atoms with van der Waals surface area (Å²) in [4.78, 5) is 9.42. The fourth-order valence-corrected chi connectivity index (χ4v) is 5.88. The normalized spacial score (nSPS) is 24.5. The third kappa shape index (κ3) is 4.99. The molecule has 1 aromatic carbocycles. The van der Waals surface area contributed by atoms with Gasteiger partial charge in [-0.1, -0.05) is 35.1 Å². The number of rotatable bonds is 6. The molecule has 1 saturated heterocycles. The zero-order valence-corrected chi connectivity index (χ0v) is 20.5. The van der Waals surface area contributed by atoms with Crippen LogP contribution in [0.3, 0.4) is 0 Å². The SMILES string of the molecule is OC[C@H]1O[C@@H](c2ccc(Cl)c(Cc3nnc(-c4cnc(-c5ccncc5)s4)s3)c2)[C@H](O)[C@@H](O)[C@@H]1O. The molecule has 35 heavy (non-hydrogen) atoms. The number of hydrogen-bond donors (Lipinski definition) is 4. The minimum atomic E-state index is -1.45. The molecule has 0 amide bonds. The monoisotopic (exact) mass is 532 g/mol. The van der Waals surface area contributed by atoms with Crippen molar-refractivity contribution in [2.24, 2.45) is 0 Å². The Bertz CT molecular complexity index is 1300. The first kappa shape index (κ1) is 24.3. The summed E-state index contributed by atoms with van der Waals surface area (Å²) in [5, 5.41) is 51.6. The van der Waals surface area contributed by atoms with Gasteiger partial charge in [0.15, 0.2) is 5.01 Å². The van der Waals surface area contributed by atoms with E-state index in [-0.39, 0.29) is 0 Å². The third-order valence-corrected chi connectivity index (χ3v) is 8.25. The minimum Gasteiger partial charge on any atom is -0.394 e. The van der Waals surface area contributed by atoms with Gasteiger partial charge in [-0.05, 0) is 29.3 Å². The summed E-state index contributed by atoms with van der Waals surface area (Å²) >= 11 is 9.39. The molecule has 4 N–H and O–H groups in total. The van der Waals surface area contributed by atoms with Gasteiger partial charge in [0.05, 0.1) is 11.5 Å². The van der Waals surface area contributed by atoms with E-state index in [2.05, 4.69) is 20.2 Å². The molecule has 5 rings (SSSR count). The van der Waals surface area contributed by atoms with Crippen LogP contribution in [0, 0.1) is 0 Å². The lowest BCUT2D eigenvalue weighted by Crippen LogP contribution is -2.55. The molecule has 1 aliphatic rings. The second kappa shape index (κ2) is 10.3. The standard InChI is InChI=1S/C23H21ClN4O5S2/c24-14-2-1-12(21-20(32)19(31)18(30)15(10-29)33-21)7-13(14)8-17-27-28-23(35-17)16-9-26-22(34-16)11-3-5-25-6-4-11/h1-7,9,15,18-21,29-32H,8,10H2/t15-,18-,19+,20-,21+/m1/s1. The molecule has 0 bridgehead atoms. The van der Waals surface area contributed by atoms with Crippen molar-refractivity contribution in [3.8, 4) is 20.5 Å². The minimum absolute atomic E-state index is 0.401. The lowest BCUT2D eigenvalue weighted by atomic mass is 9.90. The maximum Gasteiger partial charge on any atom is 0.159 e. The van der Waals surface area contributed by atoms with Crippen molar-refractivity contribution in [3.05, 3.63) is 70.1 Å². The molecule has 0 saturated carbocycles. The molecule has 5 atom stereocenters. The topological polar surface area (TPSA) is 142 Å². The molecule has 12 heteroatoms. The van der Waals surface area contributed by atoms with Crippen molar-refractivity contribution in [1.29, 1.82) is 0 Å². The van der Waals surface area contributed by atoms with E-state index in [1.54, 1.807) is 36.8 Å². The van der Waals surface area contributed by atoms with Crippen molar-refractivity contribution >= 4 is 34.3 Å². The Morgan fingerprint density at radius 1 is 0.943 bits per heavy atom. The van der Waals surface area contributed by atoms with Gasteiger partial charge in [0.1, 0.15) is 40.5 Å². The van der Waals surface area contributed by atoms with Crippen LogP contribution in [0.25, 0.3) is 20.5 Å². The number of hydrogen-bond acceptors (Lipinski definition) is 11. The Hall–Kier alpha value is -2.35. The highest BCUT2D eigenvalue weighted by atomic mass is 35.5. The van der Waals surface area contributed by atoms with Crippen LogP contribution in [0.2, 0.25) is 5.02 Å². The first-order valence-electron chi connectivity index (χ1n) is 10.7. The molecule has 9 nitrogen and oxygen atoms in total. The molecule has 1 fully saturated rings. The smallest absolute Gasteiger partial charge is 0.159 e. The molecule has 3 aromatic heterocycles. The maximum atomic E-state index is 10.5. The van der Waals surface area contributed by atoms with E-state index in [4.69, 9.17) is 16.3 Å². The maximum absolute atomic E-state index is 10.5. The highest BCUT2D eigenvalue weighted by Gasteiger charge is 2.44. The molecule has 0 spiro atoms. The zero-order chi connectivity index (χ0) is 24.5. The van der Waals surface area contributed by atoms with Crippen LogP contribution >= 0.6 is 34.3 Å². The molecule has 1 aliphatic heterocycles. The molecular weight excluding hydrogens is 512 g/mol. The van der Waals surface area contributed by atoms with Gasteiger partial charge in [0.25, 0.3) is 0 Å². The number of aromatic nitrogens is 4. The summed E-state index contributed by atoms with van der Waals surface area (Å²) in [6, 6.07) is 8.93. The van der Waals surface area contributed by atoms with Crippen LogP contribution in [-0.4, -0.2) is 71.6 Å². The van der Waals surface area contributed by atoms with Crippen LogP contribution < -0.4 is 0 Å². The Kier molecular flexibility index (Phi) is 7.19. The predicted octanol–water partition coefficient (Wildman–Crippen LogP) is 2.48. The van der Waals surface area contributed by atoms with E-state index in [0.717, 1.165) is 31.0 Å². The lowest BCUT2D eigenvalue weighted by molar-refractivity contribution is -0.231. The Labute approximate surface area is 213 Å². The molecule has 0 unspecified atom stereocenters. The zero-order valence-electron chi connectivity index (χ0n) is 18.1. The third-order valence-electron chi connectivity index (χ3n) is 5.74. The molecule has 4 aromatic rings. The van der Waals surface area contributed by atoms with Gasteiger partial charge < -0.3 is 25.2 Å². The van der Waals surface area contributed by atoms with Gasteiger partial charge in [-0.25, -0.2) is 4.98 Å². The number of benzene rings is 1. The van der Waals surface area contributed by atoms with Gasteiger partial charge in [-0.3, -0.25) is 4.98 Å². The van der Waals surface area contributed by atoms with Gasteiger partial charge in [0.2, 0.25) is 0 Å². The first-order chi connectivity index (χ1) is 16.9. The molecule has 4 heterocycles. The van der Waals surface area contributed by atoms with Gasteiger partial charge in [0, 0.05) is 35.6 Å². The largest absolute Gasteiger partial charge is 0.394 e. The Morgan fingerprint density at radius 3 is 2.51 bits per heavy atom. The molecule has 182 valence electrons. The fraction of sp³-hybridized carbons (Fsp3) is 0.304. The van der Waals surface area contributed by atoms with Crippen LogP contribution in [0.5, 0.6) is 0 Å². The van der Waals surface area contributed by atoms with E-state index in [9.17, 15) is 20.4 Å². The quantitative estimate of drug-likeness (QED) is 0.294. The summed E-state index contributed by atoms with van der Waals surface area (Å²) < 4.78 is 5.67. The van der Waals surface area contributed by atoms with Crippen molar-refractivity contribution in [3.63, 3.8) is 0 Å². The number of aliphatic hydroxyl groups is 4. The van der Waals surface area contributed by atoms with E-state index in [1.165, 1.54) is 22.7 Å². The van der Waals surface area contributed by atoms with Gasteiger partial charge in [-0.15, -0.1) is 21.5 Å². The first-order valence-corrected chi connectivity index (χ1v) is 12.7. The summed E-state index contributed by atoms with van der Waals surface area (Å²) in [5.41, 5.74) is 2.29. The summed E-state index contributed by atoms with van der Waals surface area (Å²) in [6.07, 6.45) is -0.528. The summed E-state index contributed by atoms with van der Waals surface area (Å²) in [5.74, 6) is 0. The highest BCUT2D eigenvalue weighted by Crippen LogP contribution is 2.36.